The van der Waals surface area contributed by atoms with Gasteiger partial charge in [0, 0.05) is 32.2 Å². The lowest BCUT2D eigenvalue weighted by atomic mass is 10.1. The molecule has 666 valence electrons. The highest BCUT2D eigenvalue weighted by molar-refractivity contribution is 7.88. The number of rotatable bonds is 30. The van der Waals surface area contributed by atoms with Gasteiger partial charge in [-0.3, -0.25) is 19.2 Å². The maximum atomic E-state index is 13.7. The number of pyridine rings is 4. The van der Waals surface area contributed by atoms with Crippen molar-refractivity contribution in [3.05, 3.63) is 327 Å². The van der Waals surface area contributed by atoms with Gasteiger partial charge in [0.2, 0.25) is 0 Å². The van der Waals surface area contributed by atoms with Gasteiger partial charge >= 0.3 is 50.2 Å². The second kappa shape index (κ2) is 43.0. The molecule has 0 atom stereocenters. The molecule has 0 aliphatic carbocycles. The van der Waals surface area contributed by atoms with Gasteiger partial charge in [0.1, 0.15) is 57.5 Å². The average Bonchev–Trinajstić information content (AvgIpc) is 0.740. The van der Waals surface area contributed by atoms with Crippen molar-refractivity contribution in [2.45, 2.75) is 107 Å². The molecule has 14 rings (SSSR count). The Balaban J connectivity index is 0.000000166. The number of aryl methyl sites for hydroxylation is 4. The predicted molar refractivity (Wildman–Crippen MR) is 469 cm³/mol. The van der Waals surface area contributed by atoms with Crippen molar-refractivity contribution < 1.29 is 78.8 Å². The second-order valence-corrected chi connectivity index (χ2v) is 30.3. The Morgan fingerprint density at radius 1 is 0.406 bits per heavy atom. The minimum Gasteiger partial charge on any atom is -0.506 e. The first-order valence-corrected chi connectivity index (χ1v) is 41.2. The summed E-state index contributed by atoms with van der Waals surface area (Å²) in [7, 11) is 1.86. The Morgan fingerprint density at radius 3 is 1.15 bits per heavy atom. The Labute approximate surface area is 730 Å². The summed E-state index contributed by atoms with van der Waals surface area (Å²) in [6, 6.07) is 55.0. The number of carbonyl (C=O) groups is 3. The van der Waals surface area contributed by atoms with Crippen molar-refractivity contribution in [1.82, 2.24) is 68.6 Å². The van der Waals surface area contributed by atoms with Gasteiger partial charge in [0.05, 0.1) is 75.5 Å². The van der Waals surface area contributed by atoms with Crippen molar-refractivity contribution in [1.29, 1.82) is 0 Å². The summed E-state index contributed by atoms with van der Waals surface area (Å²) in [6.07, 6.45) is 5.06. The molecular weight excluding hydrogens is 1680 g/mol. The quantitative estimate of drug-likeness (QED) is 0.0163. The number of anilines is 2. The van der Waals surface area contributed by atoms with Crippen LogP contribution in [0, 0.1) is 27.7 Å². The van der Waals surface area contributed by atoms with Crippen LogP contribution in [0.5, 0.6) is 11.5 Å². The van der Waals surface area contributed by atoms with Crippen molar-refractivity contribution in [2.24, 2.45) is 0 Å². The molecule has 0 fully saturated rings. The van der Waals surface area contributed by atoms with Crippen LogP contribution in [0.25, 0.3) is 44.1 Å². The zero-order valence-electron chi connectivity index (χ0n) is 71.5. The Bertz CT molecular complexity index is 6700. The van der Waals surface area contributed by atoms with Crippen LogP contribution in [0.3, 0.4) is 0 Å². The standard InChI is InChI=1S/C28H31N5O4.C25H27N5O2.C19H16F3N3O7S.C18H17N3O5/c1-5-36-28(35)24-25(29-15-21-12-9-13-22(14-21)16-32(3)4)23-19(2)30-18-31-26(23)33(27(24)34)37-17-20-10-7-6-8-11-20;1-18-24-22(26-14-20-10-7-11-21(12-20)15-29(2)3)13-23(31)30(25(24)28-17-27-18)32-16-19-8-5-4-6-9-19;1-3-30-18(27)14-15(32-33(28,29)19(20,21)22)13-11(2)23-10-24-16(13)25(17(14)26)31-9-12-7-5-4-6-8-12;1-3-25-18(24)14-15(22)13-11(2)19-10-20-16(13)21(17(14)23)26-9-12-7-5-4-6-8-12/h6-14,18,29H,5,15-17H2,1-4H3;4-13,17,26H,14-16H2,1-3H3;4-8,10H,3,9H2,1-2H3;4-8,10,22H,3,9H2,1-2H3. The number of carbonyl (C=O) groups excluding carboxylic acids is 3. The largest absolute Gasteiger partial charge is 0.534 e. The molecule has 6 aromatic carbocycles. The first kappa shape index (κ1) is 93.6. The van der Waals surface area contributed by atoms with Crippen LogP contribution in [-0.4, -0.2) is 154 Å². The molecule has 0 bridgehead atoms. The van der Waals surface area contributed by atoms with E-state index in [0.717, 1.165) is 73.3 Å². The van der Waals surface area contributed by atoms with E-state index in [2.05, 4.69) is 115 Å². The van der Waals surface area contributed by atoms with Crippen molar-refractivity contribution in [2.75, 3.05) is 58.6 Å². The van der Waals surface area contributed by atoms with Crippen LogP contribution in [0.2, 0.25) is 0 Å². The SMILES string of the molecule is CCOC(=O)c1c(NCc2cccc(CN(C)C)c2)c2c(C)ncnc2n(OCc2ccccc2)c1=O.CCOC(=O)c1c(O)c2c(C)ncnc2n(OCc2ccccc2)c1=O.CCOC(=O)c1c(OS(=O)(=O)C(F)(F)F)c2c(C)ncnc2n(OCc2ccccc2)c1=O.Cc1ncnc2c1c(NCc1cccc(CN(C)C)c1)cc(=O)n2OCc1ccccc1. The Hall–Kier alpha value is -15.1. The highest BCUT2D eigenvalue weighted by Crippen LogP contribution is 2.36. The van der Waals surface area contributed by atoms with Gasteiger partial charge in [-0.15, -0.1) is 18.9 Å². The van der Waals surface area contributed by atoms with Crippen LogP contribution in [0.4, 0.5) is 24.5 Å². The molecule has 38 heteroatoms. The molecule has 0 unspecified atom stereocenters. The summed E-state index contributed by atoms with van der Waals surface area (Å²) < 4.78 is 85.5. The van der Waals surface area contributed by atoms with E-state index in [9.17, 15) is 60.3 Å². The molecule has 0 aliphatic heterocycles. The normalized spacial score (nSPS) is 11.2. The number of fused-ring (bicyclic) bond motifs is 4. The van der Waals surface area contributed by atoms with Gasteiger partial charge < -0.3 is 63.3 Å². The predicted octanol–water partition coefficient (Wildman–Crippen LogP) is 10.7. The number of hydrogen-bond donors (Lipinski definition) is 3. The number of nitrogens with zero attached hydrogens (tertiary/aromatic N) is 14. The molecule has 0 aliphatic rings. The van der Waals surface area contributed by atoms with Crippen molar-refractivity contribution >= 4 is 83.5 Å². The lowest BCUT2D eigenvalue weighted by Crippen LogP contribution is -2.35. The molecule has 0 amide bonds. The van der Waals surface area contributed by atoms with Gasteiger partial charge in [-0.2, -0.15) is 21.6 Å². The molecule has 8 heterocycles. The van der Waals surface area contributed by atoms with E-state index in [-0.39, 0.29) is 79.7 Å². The molecule has 0 radical (unpaired) electrons. The van der Waals surface area contributed by atoms with E-state index in [1.165, 1.54) is 43.1 Å². The number of aromatic hydroxyl groups is 1. The first-order chi connectivity index (χ1) is 61.4. The second-order valence-electron chi connectivity index (χ2n) is 28.8. The van der Waals surface area contributed by atoms with Crippen LogP contribution >= 0.6 is 0 Å². The van der Waals surface area contributed by atoms with Gasteiger partial charge in [-0.25, -0.2) is 54.3 Å². The summed E-state index contributed by atoms with van der Waals surface area (Å²) in [5.41, 5.74) is 0.157. The Kier molecular flexibility index (Phi) is 31.5. The van der Waals surface area contributed by atoms with E-state index in [1.54, 1.807) is 64.1 Å². The highest BCUT2D eigenvalue weighted by atomic mass is 32.2. The zero-order chi connectivity index (χ0) is 91.9. The fourth-order valence-corrected chi connectivity index (χ4v) is 13.6. The summed E-state index contributed by atoms with van der Waals surface area (Å²) in [6.45, 7) is 14.1. The van der Waals surface area contributed by atoms with Crippen molar-refractivity contribution in [3.63, 3.8) is 0 Å². The minimum absolute atomic E-state index is 0.0604. The summed E-state index contributed by atoms with van der Waals surface area (Å²) in [5, 5.41) is 18.2. The molecule has 34 nitrogen and oxygen atoms in total. The third-order valence-corrected chi connectivity index (χ3v) is 19.8. The molecule has 0 saturated carbocycles. The summed E-state index contributed by atoms with van der Waals surface area (Å²) in [5.74, 6) is -4.81. The molecule has 0 spiro atoms. The fraction of sp³-hybridized carbons (Fsp3) is 0.256. The number of alkyl halides is 3. The number of nitrogens with one attached hydrogen (secondary N) is 2. The first-order valence-electron chi connectivity index (χ1n) is 39.8. The maximum Gasteiger partial charge on any atom is 0.534 e. The molecule has 8 aromatic heterocycles. The maximum absolute atomic E-state index is 13.7. The van der Waals surface area contributed by atoms with Crippen LogP contribution in [0.15, 0.2) is 220 Å². The molecule has 14 aromatic rings. The smallest absolute Gasteiger partial charge is 0.506 e. The summed E-state index contributed by atoms with van der Waals surface area (Å²) >= 11 is 0. The lowest BCUT2D eigenvalue weighted by molar-refractivity contribution is -0.0500. The van der Waals surface area contributed by atoms with Gasteiger partial charge in [-0.05, 0) is 121 Å². The summed E-state index contributed by atoms with van der Waals surface area (Å²) in [4.78, 5) is 150. The number of halogens is 3. The number of esters is 3. The molecule has 0 saturated heterocycles. The van der Waals surface area contributed by atoms with Gasteiger partial charge in [0.15, 0.2) is 45.0 Å². The van der Waals surface area contributed by atoms with Crippen LogP contribution in [-0.2, 0) is 76.9 Å². The highest BCUT2D eigenvalue weighted by Gasteiger charge is 2.50. The zero-order valence-corrected chi connectivity index (χ0v) is 72.3. The monoisotopic (exact) mass is 1770 g/mol. The van der Waals surface area contributed by atoms with E-state index >= 15 is 0 Å². The number of aromatic nitrogens is 12. The third-order valence-electron chi connectivity index (χ3n) is 18.9. The topological polar surface area (TPSA) is 401 Å². The number of benzene rings is 6. The average molecular weight is 1770 g/mol. The minimum atomic E-state index is -6.27. The lowest BCUT2D eigenvalue weighted by Gasteiger charge is -2.19. The van der Waals surface area contributed by atoms with Gasteiger partial charge in [0.25, 0.3) is 5.56 Å². The van der Waals surface area contributed by atoms with E-state index in [4.69, 9.17) is 33.6 Å². The van der Waals surface area contributed by atoms with Crippen LogP contribution in [0.1, 0.15) is 119 Å². The molecule has 3 N–H and O–H groups in total. The third kappa shape index (κ3) is 22.9. The van der Waals surface area contributed by atoms with Gasteiger partial charge in [-0.1, -0.05) is 170 Å². The number of ether oxygens (including phenoxy) is 3. The number of hydrogen-bond acceptors (Lipinski definition) is 30. The fourth-order valence-electron chi connectivity index (χ4n) is 13.1. The Morgan fingerprint density at radius 2 is 0.734 bits per heavy atom. The molecular formula is C90H91F3N16O18S. The van der Waals surface area contributed by atoms with E-state index < -0.39 is 83.9 Å². The molecule has 128 heavy (non-hydrogen) atoms. The van der Waals surface area contributed by atoms with E-state index in [0.29, 0.717) is 57.2 Å². The van der Waals surface area contributed by atoms with Crippen LogP contribution < -0.4 is 56.4 Å². The van der Waals surface area contributed by atoms with Crippen molar-refractivity contribution in [3.8, 4) is 11.5 Å². The van der Waals surface area contributed by atoms with E-state index in [1.807, 2.05) is 124 Å².